The number of carbonyl (C=O) groups excluding carboxylic acids is 1. The molecule has 0 aliphatic carbocycles. The number of anilines is 2. The van der Waals surface area contributed by atoms with Crippen LogP contribution in [0, 0.1) is 5.82 Å². The maximum atomic E-state index is 13.5. The van der Waals surface area contributed by atoms with Crippen LogP contribution in [-0.2, 0) is 21.0 Å². The lowest BCUT2D eigenvalue weighted by atomic mass is 10.2. The van der Waals surface area contributed by atoms with Crippen LogP contribution in [-0.4, -0.2) is 26.6 Å². The van der Waals surface area contributed by atoms with E-state index in [1.54, 1.807) is 0 Å². The molecular formula is C17H16F4N2O3S. The van der Waals surface area contributed by atoms with Gasteiger partial charge in [0.1, 0.15) is 11.9 Å². The van der Waals surface area contributed by atoms with E-state index in [9.17, 15) is 30.8 Å². The van der Waals surface area contributed by atoms with Gasteiger partial charge in [-0.15, -0.1) is 0 Å². The first-order valence-corrected chi connectivity index (χ1v) is 9.47. The van der Waals surface area contributed by atoms with Crippen molar-refractivity contribution in [2.45, 2.75) is 19.1 Å². The van der Waals surface area contributed by atoms with Crippen molar-refractivity contribution in [1.82, 2.24) is 0 Å². The number of hydrogen-bond donors (Lipinski definition) is 1. The van der Waals surface area contributed by atoms with Gasteiger partial charge in [-0.3, -0.25) is 9.10 Å². The molecular weight excluding hydrogens is 388 g/mol. The molecule has 0 aliphatic rings. The predicted molar refractivity (Wildman–Crippen MR) is 93.3 cm³/mol. The van der Waals surface area contributed by atoms with Gasteiger partial charge in [-0.1, -0.05) is 12.1 Å². The summed E-state index contributed by atoms with van der Waals surface area (Å²) in [4.78, 5) is 12.4. The van der Waals surface area contributed by atoms with Gasteiger partial charge in [0.15, 0.2) is 0 Å². The fourth-order valence-corrected chi connectivity index (χ4v) is 3.61. The Labute approximate surface area is 153 Å². The highest BCUT2D eigenvalue weighted by Crippen LogP contribution is 2.31. The summed E-state index contributed by atoms with van der Waals surface area (Å²) in [7, 11) is -3.98. The van der Waals surface area contributed by atoms with E-state index < -0.39 is 39.5 Å². The van der Waals surface area contributed by atoms with E-state index in [1.165, 1.54) is 25.1 Å². The molecule has 27 heavy (non-hydrogen) atoms. The summed E-state index contributed by atoms with van der Waals surface area (Å²) in [6, 6.07) is 7.23. The van der Waals surface area contributed by atoms with Crippen LogP contribution in [0.5, 0.6) is 0 Å². The van der Waals surface area contributed by atoms with Crippen molar-refractivity contribution in [3.8, 4) is 0 Å². The molecule has 5 nitrogen and oxygen atoms in total. The SMILES string of the molecule is C[C@@H](C(=O)Nc1cccc(C(F)(F)F)c1)N(c1cccc(F)c1)S(C)(=O)=O. The Hall–Kier alpha value is -2.62. The van der Waals surface area contributed by atoms with Gasteiger partial charge < -0.3 is 5.32 Å². The largest absolute Gasteiger partial charge is 0.416 e. The maximum Gasteiger partial charge on any atom is 0.416 e. The number of carbonyl (C=O) groups is 1. The minimum absolute atomic E-state index is 0.0795. The van der Waals surface area contributed by atoms with Crippen molar-refractivity contribution < 1.29 is 30.8 Å². The minimum atomic E-state index is -4.59. The number of nitrogens with zero attached hydrogens (tertiary/aromatic N) is 1. The summed E-state index contributed by atoms with van der Waals surface area (Å²) >= 11 is 0. The Morgan fingerprint density at radius 1 is 1.11 bits per heavy atom. The molecule has 146 valence electrons. The Kier molecular flexibility index (Phi) is 5.79. The van der Waals surface area contributed by atoms with Gasteiger partial charge in [0.05, 0.1) is 17.5 Å². The number of halogens is 4. The zero-order valence-electron chi connectivity index (χ0n) is 14.3. The zero-order valence-corrected chi connectivity index (χ0v) is 15.1. The van der Waals surface area contributed by atoms with Gasteiger partial charge in [-0.05, 0) is 43.3 Å². The second-order valence-corrected chi connectivity index (χ2v) is 7.64. The van der Waals surface area contributed by atoms with Gasteiger partial charge >= 0.3 is 6.18 Å². The first-order valence-electron chi connectivity index (χ1n) is 7.62. The lowest BCUT2D eigenvalue weighted by molar-refractivity contribution is -0.137. The van der Waals surface area contributed by atoms with Gasteiger partial charge in [0, 0.05) is 5.69 Å². The molecule has 0 saturated heterocycles. The number of amides is 1. The lowest BCUT2D eigenvalue weighted by Crippen LogP contribution is -2.45. The lowest BCUT2D eigenvalue weighted by Gasteiger charge is -2.28. The maximum absolute atomic E-state index is 13.5. The zero-order chi connectivity index (χ0) is 20.4. The van der Waals surface area contributed by atoms with Gasteiger partial charge in [-0.25, -0.2) is 12.8 Å². The van der Waals surface area contributed by atoms with Crippen molar-refractivity contribution in [2.24, 2.45) is 0 Å². The van der Waals surface area contributed by atoms with E-state index in [1.807, 2.05) is 0 Å². The fourth-order valence-electron chi connectivity index (χ4n) is 2.44. The van der Waals surface area contributed by atoms with Gasteiger partial charge in [-0.2, -0.15) is 13.2 Å². The van der Waals surface area contributed by atoms with Crippen LogP contribution >= 0.6 is 0 Å². The van der Waals surface area contributed by atoms with Crippen LogP contribution in [0.3, 0.4) is 0 Å². The standard InChI is InChI=1S/C17H16F4N2O3S/c1-11(23(27(2,25)26)15-8-4-6-13(18)10-15)16(24)22-14-7-3-5-12(9-14)17(19,20)21/h3-11H,1-2H3,(H,22,24)/t11-/m0/s1. The number of sulfonamides is 1. The van der Waals surface area contributed by atoms with Gasteiger partial charge in [0.25, 0.3) is 0 Å². The Balaban J connectivity index is 2.31. The Bertz CT molecular complexity index is 945. The van der Waals surface area contributed by atoms with E-state index >= 15 is 0 Å². The number of rotatable bonds is 5. The first-order chi connectivity index (χ1) is 12.4. The van der Waals surface area contributed by atoms with E-state index in [-0.39, 0.29) is 11.4 Å². The summed E-state index contributed by atoms with van der Waals surface area (Å²) in [6.07, 6.45) is -3.75. The third-order valence-corrected chi connectivity index (χ3v) is 4.85. The van der Waals surface area contributed by atoms with Crippen molar-refractivity contribution in [3.05, 3.63) is 59.9 Å². The number of hydrogen-bond acceptors (Lipinski definition) is 3. The predicted octanol–water partition coefficient (Wildman–Crippen LogP) is 3.64. The number of benzene rings is 2. The molecule has 1 amide bonds. The fraction of sp³-hybridized carbons (Fsp3) is 0.235. The molecule has 2 aromatic carbocycles. The Morgan fingerprint density at radius 3 is 2.30 bits per heavy atom. The molecule has 10 heteroatoms. The smallest absolute Gasteiger partial charge is 0.324 e. The normalized spacial score (nSPS) is 13.1. The van der Waals surface area contributed by atoms with Gasteiger partial charge in [0.2, 0.25) is 15.9 Å². The van der Waals surface area contributed by atoms with Crippen LogP contribution in [0.15, 0.2) is 48.5 Å². The highest BCUT2D eigenvalue weighted by molar-refractivity contribution is 7.92. The van der Waals surface area contributed by atoms with Crippen LogP contribution in [0.1, 0.15) is 12.5 Å². The van der Waals surface area contributed by atoms with E-state index in [2.05, 4.69) is 5.32 Å². The molecule has 0 aromatic heterocycles. The Morgan fingerprint density at radius 2 is 1.74 bits per heavy atom. The summed E-state index contributed by atoms with van der Waals surface area (Å²) in [6.45, 7) is 1.24. The molecule has 0 fully saturated rings. The van der Waals surface area contributed by atoms with Crippen LogP contribution in [0.4, 0.5) is 28.9 Å². The summed E-state index contributed by atoms with van der Waals surface area (Å²) in [5, 5.41) is 2.25. The average Bonchev–Trinajstić information content (AvgIpc) is 2.53. The van der Waals surface area contributed by atoms with E-state index in [0.717, 1.165) is 36.6 Å². The third-order valence-electron chi connectivity index (χ3n) is 3.61. The van der Waals surface area contributed by atoms with E-state index in [4.69, 9.17) is 0 Å². The number of nitrogens with one attached hydrogen (secondary N) is 1. The highest BCUT2D eigenvalue weighted by Gasteiger charge is 2.32. The van der Waals surface area contributed by atoms with Crippen molar-refractivity contribution in [1.29, 1.82) is 0 Å². The quantitative estimate of drug-likeness (QED) is 0.774. The topological polar surface area (TPSA) is 66.5 Å². The molecule has 1 atom stereocenters. The van der Waals surface area contributed by atoms with Crippen LogP contribution < -0.4 is 9.62 Å². The van der Waals surface area contributed by atoms with Crippen molar-refractivity contribution in [2.75, 3.05) is 15.9 Å². The summed E-state index contributed by atoms with van der Waals surface area (Å²) in [5.74, 6) is -1.57. The summed E-state index contributed by atoms with van der Waals surface area (Å²) in [5.41, 5.74) is -1.18. The number of alkyl halides is 3. The monoisotopic (exact) mass is 404 g/mol. The second kappa shape index (κ2) is 7.55. The third kappa shape index (κ3) is 5.19. The molecule has 0 spiro atoms. The molecule has 0 unspecified atom stereocenters. The molecule has 0 bridgehead atoms. The molecule has 0 heterocycles. The van der Waals surface area contributed by atoms with Crippen molar-refractivity contribution >= 4 is 27.3 Å². The highest BCUT2D eigenvalue weighted by atomic mass is 32.2. The first kappa shape index (κ1) is 20.7. The van der Waals surface area contributed by atoms with Crippen molar-refractivity contribution in [3.63, 3.8) is 0 Å². The second-order valence-electron chi connectivity index (χ2n) is 5.78. The van der Waals surface area contributed by atoms with Crippen LogP contribution in [0.25, 0.3) is 0 Å². The molecule has 0 radical (unpaired) electrons. The average molecular weight is 404 g/mol. The molecule has 0 aliphatic heterocycles. The van der Waals surface area contributed by atoms with E-state index in [0.29, 0.717) is 4.31 Å². The molecule has 0 saturated carbocycles. The molecule has 1 N–H and O–H groups in total. The van der Waals surface area contributed by atoms with Crippen LogP contribution in [0.2, 0.25) is 0 Å². The summed E-state index contributed by atoms with van der Waals surface area (Å²) < 4.78 is 76.7. The molecule has 2 rings (SSSR count). The molecule has 2 aromatic rings. The minimum Gasteiger partial charge on any atom is -0.324 e.